The standard InChI is InChI=1S/C13H18N4O4/c1-9(12(18)19)16-5-7-17(8-6-16)11-4-3-10(14-15-11)13(20)21-2/h3-4,9H,5-8H2,1-2H3,(H,18,19). The van der Waals surface area contributed by atoms with Crippen LogP contribution in [0.2, 0.25) is 0 Å². The molecule has 2 rings (SSSR count). The molecule has 1 N–H and O–H groups in total. The smallest absolute Gasteiger partial charge is 0.358 e. The third kappa shape index (κ3) is 3.46. The second kappa shape index (κ2) is 6.49. The van der Waals surface area contributed by atoms with Crippen LogP contribution in [0.4, 0.5) is 5.82 Å². The van der Waals surface area contributed by atoms with Crippen molar-refractivity contribution in [2.75, 3.05) is 38.2 Å². The zero-order valence-electron chi connectivity index (χ0n) is 12.0. The van der Waals surface area contributed by atoms with Crippen LogP contribution in [0, 0.1) is 0 Å². The second-order valence-electron chi connectivity index (χ2n) is 4.81. The van der Waals surface area contributed by atoms with Gasteiger partial charge in [-0.1, -0.05) is 0 Å². The molecule has 0 bridgehead atoms. The van der Waals surface area contributed by atoms with Crippen LogP contribution in [-0.4, -0.2) is 71.5 Å². The van der Waals surface area contributed by atoms with Crippen molar-refractivity contribution in [2.24, 2.45) is 0 Å². The van der Waals surface area contributed by atoms with Gasteiger partial charge in [0.1, 0.15) is 6.04 Å². The number of anilines is 1. The lowest BCUT2D eigenvalue weighted by Gasteiger charge is -2.36. The number of carbonyl (C=O) groups excluding carboxylic acids is 1. The fourth-order valence-corrected chi connectivity index (χ4v) is 2.20. The summed E-state index contributed by atoms with van der Waals surface area (Å²) >= 11 is 0. The van der Waals surface area contributed by atoms with Crippen molar-refractivity contribution in [3.8, 4) is 0 Å². The van der Waals surface area contributed by atoms with Crippen molar-refractivity contribution in [2.45, 2.75) is 13.0 Å². The van der Waals surface area contributed by atoms with E-state index in [1.165, 1.54) is 7.11 Å². The minimum Gasteiger partial charge on any atom is -0.480 e. The quantitative estimate of drug-likeness (QED) is 0.766. The minimum atomic E-state index is -0.814. The molecule has 0 amide bonds. The van der Waals surface area contributed by atoms with Crippen molar-refractivity contribution in [3.05, 3.63) is 17.8 Å². The van der Waals surface area contributed by atoms with Gasteiger partial charge in [0.25, 0.3) is 0 Å². The van der Waals surface area contributed by atoms with Gasteiger partial charge in [-0.15, -0.1) is 10.2 Å². The molecule has 21 heavy (non-hydrogen) atoms. The Labute approximate surface area is 122 Å². The first-order valence-corrected chi connectivity index (χ1v) is 6.66. The number of aromatic nitrogens is 2. The number of methoxy groups -OCH3 is 1. The van der Waals surface area contributed by atoms with Crippen LogP contribution >= 0.6 is 0 Å². The Morgan fingerprint density at radius 3 is 2.38 bits per heavy atom. The average molecular weight is 294 g/mol. The fraction of sp³-hybridized carbons (Fsp3) is 0.538. The Bertz CT molecular complexity index is 511. The van der Waals surface area contributed by atoms with Crippen LogP contribution in [0.5, 0.6) is 0 Å². The predicted molar refractivity (Wildman–Crippen MR) is 74.3 cm³/mol. The minimum absolute atomic E-state index is 0.166. The summed E-state index contributed by atoms with van der Waals surface area (Å²) in [6, 6.07) is 2.80. The Morgan fingerprint density at radius 1 is 1.24 bits per heavy atom. The Hall–Kier alpha value is -2.22. The van der Waals surface area contributed by atoms with Crippen LogP contribution in [0.1, 0.15) is 17.4 Å². The number of carbonyl (C=O) groups is 2. The number of hydrogen-bond donors (Lipinski definition) is 1. The number of esters is 1. The molecule has 1 aliphatic heterocycles. The van der Waals surface area contributed by atoms with E-state index in [0.717, 1.165) is 0 Å². The van der Waals surface area contributed by atoms with Gasteiger partial charge in [-0.05, 0) is 19.1 Å². The zero-order valence-corrected chi connectivity index (χ0v) is 12.0. The van der Waals surface area contributed by atoms with Crippen LogP contribution in [-0.2, 0) is 9.53 Å². The molecule has 1 unspecified atom stereocenters. The third-order valence-corrected chi connectivity index (χ3v) is 3.59. The van der Waals surface area contributed by atoms with E-state index in [0.29, 0.717) is 32.0 Å². The first-order chi connectivity index (χ1) is 10.0. The van der Waals surface area contributed by atoms with E-state index in [4.69, 9.17) is 5.11 Å². The highest BCUT2D eigenvalue weighted by atomic mass is 16.5. The zero-order chi connectivity index (χ0) is 15.4. The number of aliphatic carboxylic acids is 1. The highest BCUT2D eigenvalue weighted by Gasteiger charge is 2.25. The molecule has 1 aliphatic rings. The number of rotatable bonds is 4. The van der Waals surface area contributed by atoms with Crippen LogP contribution in [0.25, 0.3) is 0 Å². The van der Waals surface area contributed by atoms with Gasteiger partial charge in [0.15, 0.2) is 11.5 Å². The molecule has 0 aromatic carbocycles. The van der Waals surface area contributed by atoms with Gasteiger partial charge in [-0.3, -0.25) is 9.69 Å². The SMILES string of the molecule is COC(=O)c1ccc(N2CCN(C(C)C(=O)O)CC2)nn1. The van der Waals surface area contributed by atoms with Crippen LogP contribution < -0.4 is 4.90 Å². The van der Waals surface area contributed by atoms with Gasteiger partial charge in [-0.2, -0.15) is 0 Å². The molecule has 0 saturated carbocycles. The maximum Gasteiger partial charge on any atom is 0.358 e. The van der Waals surface area contributed by atoms with Crippen molar-refractivity contribution >= 4 is 17.8 Å². The third-order valence-electron chi connectivity index (χ3n) is 3.59. The van der Waals surface area contributed by atoms with Gasteiger partial charge in [-0.25, -0.2) is 4.79 Å². The molecular formula is C13H18N4O4. The van der Waals surface area contributed by atoms with E-state index in [1.807, 2.05) is 9.80 Å². The van der Waals surface area contributed by atoms with Crippen LogP contribution in [0.3, 0.4) is 0 Å². The molecule has 1 aromatic heterocycles. The molecule has 0 radical (unpaired) electrons. The lowest BCUT2D eigenvalue weighted by molar-refractivity contribution is -0.142. The largest absolute Gasteiger partial charge is 0.480 e. The molecule has 1 atom stereocenters. The summed E-state index contributed by atoms with van der Waals surface area (Å²) < 4.78 is 4.57. The lowest BCUT2D eigenvalue weighted by atomic mass is 10.2. The molecular weight excluding hydrogens is 276 g/mol. The topological polar surface area (TPSA) is 95.9 Å². The monoisotopic (exact) mass is 294 g/mol. The maximum atomic E-state index is 11.3. The van der Waals surface area contributed by atoms with Crippen molar-refractivity contribution in [3.63, 3.8) is 0 Å². The van der Waals surface area contributed by atoms with Gasteiger partial charge in [0.05, 0.1) is 7.11 Å². The Morgan fingerprint density at radius 2 is 1.90 bits per heavy atom. The first kappa shape index (κ1) is 15.2. The van der Waals surface area contributed by atoms with E-state index in [9.17, 15) is 9.59 Å². The Kier molecular flexibility index (Phi) is 4.69. The molecule has 114 valence electrons. The van der Waals surface area contributed by atoms with E-state index >= 15 is 0 Å². The molecule has 0 aliphatic carbocycles. The summed E-state index contributed by atoms with van der Waals surface area (Å²) in [7, 11) is 1.29. The van der Waals surface area contributed by atoms with E-state index in [2.05, 4.69) is 14.9 Å². The molecule has 1 saturated heterocycles. The van der Waals surface area contributed by atoms with E-state index in [-0.39, 0.29) is 5.69 Å². The first-order valence-electron chi connectivity index (χ1n) is 6.66. The molecule has 1 fully saturated rings. The highest BCUT2D eigenvalue weighted by molar-refractivity contribution is 5.86. The number of hydrogen-bond acceptors (Lipinski definition) is 7. The average Bonchev–Trinajstić information content (AvgIpc) is 2.53. The summed E-state index contributed by atoms with van der Waals surface area (Å²) in [4.78, 5) is 26.2. The summed E-state index contributed by atoms with van der Waals surface area (Å²) in [6.07, 6.45) is 0. The molecule has 8 heteroatoms. The van der Waals surface area contributed by atoms with Gasteiger partial charge in [0.2, 0.25) is 0 Å². The summed E-state index contributed by atoms with van der Waals surface area (Å²) in [5.74, 6) is -0.662. The van der Waals surface area contributed by atoms with Gasteiger partial charge < -0.3 is 14.7 Å². The molecule has 1 aromatic rings. The van der Waals surface area contributed by atoms with Crippen LogP contribution in [0.15, 0.2) is 12.1 Å². The maximum absolute atomic E-state index is 11.3. The molecule has 0 spiro atoms. The second-order valence-corrected chi connectivity index (χ2v) is 4.81. The van der Waals surface area contributed by atoms with Crippen molar-refractivity contribution in [1.82, 2.24) is 15.1 Å². The summed E-state index contributed by atoms with van der Waals surface area (Å²) in [5, 5.41) is 16.9. The number of carboxylic acids is 1. The summed E-state index contributed by atoms with van der Waals surface area (Å²) in [5.41, 5.74) is 0.166. The Balaban J connectivity index is 1.96. The van der Waals surface area contributed by atoms with Gasteiger partial charge in [0, 0.05) is 26.2 Å². The van der Waals surface area contributed by atoms with Gasteiger partial charge >= 0.3 is 11.9 Å². The lowest BCUT2D eigenvalue weighted by Crippen LogP contribution is -2.52. The number of piperazine rings is 1. The van der Waals surface area contributed by atoms with Crippen molar-refractivity contribution < 1.29 is 19.4 Å². The number of nitrogens with zero attached hydrogens (tertiary/aromatic N) is 4. The number of ether oxygens (including phenoxy) is 1. The van der Waals surface area contributed by atoms with E-state index < -0.39 is 18.0 Å². The fourth-order valence-electron chi connectivity index (χ4n) is 2.20. The molecule has 8 nitrogen and oxygen atoms in total. The predicted octanol–water partition coefficient (Wildman–Crippen LogP) is -0.142. The normalized spacial score (nSPS) is 17.3. The van der Waals surface area contributed by atoms with Crippen molar-refractivity contribution in [1.29, 1.82) is 0 Å². The summed E-state index contributed by atoms with van der Waals surface area (Å²) in [6.45, 7) is 4.32. The number of carboxylic acid groups (broad SMARTS) is 1. The van der Waals surface area contributed by atoms with E-state index in [1.54, 1.807) is 19.1 Å². The highest BCUT2D eigenvalue weighted by Crippen LogP contribution is 2.14. The molecule has 2 heterocycles.